The number of fused-ring (bicyclic) bond motifs is 1. The monoisotopic (exact) mass is 272 g/mol. The second-order valence-corrected chi connectivity index (χ2v) is 6.88. The van der Waals surface area contributed by atoms with Crippen LogP contribution in [0.1, 0.15) is 55.8 Å². The molecule has 4 heteroatoms. The lowest BCUT2D eigenvalue weighted by Crippen LogP contribution is -2.14. The molecular formula is C16H20N2O2. The molecule has 1 saturated carbocycles. The van der Waals surface area contributed by atoms with E-state index in [0.29, 0.717) is 11.6 Å². The Bertz CT molecular complexity index is 676. The number of aromatic carboxylic acids is 1. The van der Waals surface area contributed by atoms with Gasteiger partial charge in [-0.3, -0.25) is 0 Å². The third-order valence-electron chi connectivity index (χ3n) is 3.61. The summed E-state index contributed by atoms with van der Waals surface area (Å²) in [5.74, 6) is 0.199. The number of carboxylic acid groups (broad SMARTS) is 1. The van der Waals surface area contributed by atoms with Crippen molar-refractivity contribution in [1.29, 1.82) is 0 Å². The van der Waals surface area contributed by atoms with Crippen molar-refractivity contribution in [1.82, 2.24) is 9.55 Å². The van der Waals surface area contributed by atoms with Gasteiger partial charge in [-0.2, -0.15) is 0 Å². The molecule has 1 heterocycles. The molecule has 1 fully saturated rings. The zero-order chi connectivity index (χ0) is 14.5. The molecule has 106 valence electrons. The quantitative estimate of drug-likeness (QED) is 0.927. The molecule has 0 unspecified atom stereocenters. The number of nitrogens with zero attached hydrogens (tertiary/aromatic N) is 2. The number of hydrogen-bond acceptors (Lipinski definition) is 2. The summed E-state index contributed by atoms with van der Waals surface area (Å²) in [7, 11) is 0. The van der Waals surface area contributed by atoms with E-state index in [1.165, 1.54) is 12.8 Å². The van der Waals surface area contributed by atoms with E-state index in [4.69, 9.17) is 10.1 Å². The summed E-state index contributed by atoms with van der Waals surface area (Å²) in [6.45, 7) is 6.60. The van der Waals surface area contributed by atoms with Gasteiger partial charge >= 0.3 is 5.97 Å². The van der Waals surface area contributed by atoms with Crippen molar-refractivity contribution in [3.8, 4) is 0 Å². The normalized spacial score (nSPS) is 15.8. The Hall–Kier alpha value is -1.84. The van der Waals surface area contributed by atoms with Crippen molar-refractivity contribution in [3.05, 3.63) is 29.6 Å². The third kappa shape index (κ3) is 2.42. The first-order valence-corrected chi connectivity index (χ1v) is 7.09. The van der Waals surface area contributed by atoms with Crippen LogP contribution >= 0.6 is 0 Å². The zero-order valence-electron chi connectivity index (χ0n) is 12.2. The minimum Gasteiger partial charge on any atom is -0.478 e. The number of aromatic nitrogens is 2. The van der Waals surface area contributed by atoms with Crippen LogP contribution < -0.4 is 0 Å². The molecule has 1 aliphatic rings. The van der Waals surface area contributed by atoms with Gasteiger partial charge in [-0.1, -0.05) is 20.8 Å². The molecule has 1 aromatic carbocycles. The Balaban J connectivity index is 2.15. The molecule has 0 bridgehead atoms. The molecule has 1 aromatic heterocycles. The van der Waals surface area contributed by atoms with Gasteiger partial charge in [0.15, 0.2) is 0 Å². The molecule has 0 amide bonds. The van der Waals surface area contributed by atoms with Crippen LogP contribution in [-0.2, 0) is 6.42 Å². The molecule has 0 saturated heterocycles. The summed E-state index contributed by atoms with van der Waals surface area (Å²) < 4.78 is 2.26. The minimum atomic E-state index is -0.882. The summed E-state index contributed by atoms with van der Waals surface area (Å²) >= 11 is 0. The summed E-state index contributed by atoms with van der Waals surface area (Å²) in [5, 5.41) is 9.15. The average molecular weight is 272 g/mol. The fourth-order valence-corrected chi connectivity index (χ4v) is 2.62. The van der Waals surface area contributed by atoms with Crippen LogP contribution in [0.25, 0.3) is 11.0 Å². The van der Waals surface area contributed by atoms with Gasteiger partial charge in [0.2, 0.25) is 0 Å². The SMILES string of the molecule is CC(C)(C)Cc1nc2ccc(C(=O)O)cc2n1C1CC1. The molecule has 3 rings (SSSR count). The lowest BCUT2D eigenvalue weighted by Gasteiger charge is -2.18. The lowest BCUT2D eigenvalue weighted by atomic mass is 9.92. The molecular weight excluding hydrogens is 252 g/mol. The van der Waals surface area contributed by atoms with Crippen molar-refractivity contribution < 1.29 is 9.90 Å². The van der Waals surface area contributed by atoms with Crippen LogP contribution in [0, 0.1) is 5.41 Å². The third-order valence-corrected chi connectivity index (χ3v) is 3.61. The Kier molecular flexibility index (Phi) is 2.85. The van der Waals surface area contributed by atoms with Crippen molar-refractivity contribution >= 4 is 17.0 Å². The van der Waals surface area contributed by atoms with Gasteiger partial charge in [0.1, 0.15) is 5.82 Å². The van der Waals surface area contributed by atoms with Gasteiger partial charge < -0.3 is 9.67 Å². The second kappa shape index (κ2) is 4.33. The Morgan fingerprint density at radius 2 is 2.10 bits per heavy atom. The smallest absolute Gasteiger partial charge is 0.335 e. The fourth-order valence-electron chi connectivity index (χ4n) is 2.62. The van der Waals surface area contributed by atoms with E-state index in [1.807, 2.05) is 6.07 Å². The van der Waals surface area contributed by atoms with Gasteiger partial charge in [-0.05, 0) is 36.5 Å². The molecule has 1 aliphatic carbocycles. The summed E-state index contributed by atoms with van der Waals surface area (Å²) in [5.41, 5.74) is 2.37. The van der Waals surface area contributed by atoms with E-state index in [9.17, 15) is 4.79 Å². The highest BCUT2D eigenvalue weighted by atomic mass is 16.4. The van der Waals surface area contributed by atoms with Crippen LogP contribution in [0.2, 0.25) is 0 Å². The van der Waals surface area contributed by atoms with Crippen LogP contribution in [0.4, 0.5) is 0 Å². The number of benzene rings is 1. The van der Waals surface area contributed by atoms with Crippen molar-refractivity contribution in [2.75, 3.05) is 0 Å². The van der Waals surface area contributed by atoms with Gasteiger partial charge in [-0.15, -0.1) is 0 Å². The Labute approximate surface area is 118 Å². The van der Waals surface area contributed by atoms with Gasteiger partial charge in [-0.25, -0.2) is 9.78 Å². The Morgan fingerprint density at radius 3 is 2.65 bits per heavy atom. The number of rotatable bonds is 3. The number of carbonyl (C=O) groups is 1. The maximum absolute atomic E-state index is 11.1. The Morgan fingerprint density at radius 1 is 1.40 bits per heavy atom. The molecule has 1 N–H and O–H groups in total. The molecule has 0 radical (unpaired) electrons. The number of hydrogen-bond donors (Lipinski definition) is 1. The van der Waals surface area contributed by atoms with Gasteiger partial charge in [0.25, 0.3) is 0 Å². The van der Waals surface area contributed by atoms with Gasteiger partial charge in [0, 0.05) is 12.5 Å². The minimum absolute atomic E-state index is 0.170. The summed E-state index contributed by atoms with van der Waals surface area (Å²) in [4.78, 5) is 15.9. The predicted molar refractivity (Wildman–Crippen MR) is 78.1 cm³/mol. The van der Waals surface area contributed by atoms with Crippen LogP contribution in [0.3, 0.4) is 0 Å². The molecule has 2 aromatic rings. The van der Waals surface area contributed by atoms with Crippen molar-refractivity contribution in [3.63, 3.8) is 0 Å². The predicted octanol–water partition coefficient (Wildman–Crippen LogP) is 3.66. The van der Waals surface area contributed by atoms with Crippen LogP contribution in [-0.4, -0.2) is 20.6 Å². The highest BCUT2D eigenvalue weighted by Crippen LogP contribution is 2.40. The topological polar surface area (TPSA) is 55.1 Å². The first-order chi connectivity index (χ1) is 9.35. The molecule has 4 nitrogen and oxygen atoms in total. The van der Waals surface area contributed by atoms with Crippen LogP contribution in [0.5, 0.6) is 0 Å². The summed E-state index contributed by atoms with van der Waals surface area (Å²) in [6.07, 6.45) is 3.24. The maximum Gasteiger partial charge on any atom is 0.335 e. The van der Waals surface area contributed by atoms with E-state index in [-0.39, 0.29) is 5.41 Å². The standard InChI is InChI=1S/C16H20N2O2/c1-16(2,3)9-14-17-12-7-4-10(15(19)20)8-13(12)18(14)11-5-6-11/h4,7-8,11H,5-6,9H2,1-3H3,(H,19,20). The lowest BCUT2D eigenvalue weighted by molar-refractivity contribution is 0.0697. The highest BCUT2D eigenvalue weighted by molar-refractivity contribution is 5.92. The second-order valence-electron chi connectivity index (χ2n) is 6.88. The van der Waals surface area contributed by atoms with E-state index in [0.717, 1.165) is 23.3 Å². The highest BCUT2D eigenvalue weighted by Gasteiger charge is 2.29. The van der Waals surface area contributed by atoms with E-state index in [2.05, 4.69) is 25.3 Å². The first kappa shape index (κ1) is 13.2. The maximum atomic E-state index is 11.1. The van der Waals surface area contributed by atoms with Crippen molar-refractivity contribution in [2.24, 2.45) is 5.41 Å². The molecule has 0 spiro atoms. The van der Waals surface area contributed by atoms with E-state index < -0.39 is 5.97 Å². The molecule has 0 aliphatic heterocycles. The molecule has 0 atom stereocenters. The zero-order valence-corrected chi connectivity index (χ0v) is 12.2. The fraction of sp³-hybridized carbons (Fsp3) is 0.500. The van der Waals surface area contributed by atoms with Crippen LogP contribution in [0.15, 0.2) is 18.2 Å². The van der Waals surface area contributed by atoms with Crippen molar-refractivity contribution in [2.45, 2.75) is 46.1 Å². The first-order valence-electron chi connectivity index (χ1n) is 7.09. The largest absolute Gasteiger partial charge is 0.478 e. The van der Waals surface area contributed by atoms with E-state index in [1.54, 1.807) is 12.1 Å². The number of imidazole rings is 1. The van der Waals surface area contributed by atoms with Gasteiger partial charge in [0.05, 0.1) is 16.6 Å². The number of carboxylic acids is 1. The summed E-state index contributed by atoms with van der Waals surface area (Å²) in [6, 6.07) is 5.72. The van der Waals surface area contributed by atoms with E-state index >= 15 is 0 Å². The molecule has 20 heavy (non-hydrogen) atoms. The average Bonchev–Trinajstić information content (AvgIpc) is 3.08.